The summed E-state index contributed by atoms with van der Waals surface area (Å²) in [6.07, 6.45) is 7.58. The Balaban J connectivity index is 1.98. The molecule has 2 saturated heterocycles. The van der Waals surface area contributed by atoms with Crippen LogP contribution in [0.15, 0.2) is 12.7 Å². The summed E-state index contributed by atoms with van der Waals surface area (Å²) in [4.78, 5) is 5.34. The molecule has 2 unspecified atom stereocenters. The van der Waals surface area contributed by atoms with E-state index in [0.29, 0.717) is 0 Å². The molecule has 2 nitrogen and oxygen atoms in total. The van der Waals surface area contributed by atoms with Gasteiger partial charge in [-0.25, -0.2) is 0 Å². The van der Waals surface area contributed by atoms with Gasteiger partial charge in [0.15, 0.2) is 0 Å². The van der Waals surface area contributed by atoms with Gasteiger partial charge in [-0.15, -0.1) is 6.58 Å². The highest BCUT2D eigenvalue weighted by atomic mass is 15.3. The number of hydrogen-bond acceptors (Lipinski definition) is 2. The lowest BCUT2D eigenvalue weighted by atomic mass is 9.96. The van der Waals surface area contributed by atoms with Crippen molar-refractivity contribution in [3.05, 3.63) is 12.7 Å². The molecule has 0 spiro atoms. The molecule has 0 N–H and O–H groups in total. The molecule has 15 heavy (non-hydrogen) atoms. The van der Waals surface area contributed by atoms with Gasteiger partial charge in [0.25, 0.3) is 0 Å². The first-order valence-electron chi connectivity index (χ1n) is 6.44. The van der Waals surface area contributed by atoms with Gasteiger partial charge in [-0.2, -0.15) is 0 Å². The summed E-state index contributed by atoms with van der Waals surface area (Å²) < 4.78 is 0. The summed E-state index contributed by atoms with van der Waals surface area (Å²) in [6, 6.07) is 1.60. The quantitative estimate of drug-likeness (QED) is 0.656. The fraction of sp³-hybridized carbons (Fsp3) is 0.846. The van der Waals surface area contributed by atoms with E-state index in [1.165, 1.54) is 45.3 Å². The highest BCUT2D eigenvalue weighted by molar-refractivity contribution is 4.92. The topological polar surface area (TPSA) is 6.48 Å². The zero-order chi connectivity index (χ0) is 10.7. The van der Waals surface area contributed by atoms with Crippen molar-refractivity contribution < 1.29 is 0 Å². The third-order valence-corrected chi connectivity index (χ3v) is 3.99. The Kier molecular flexibility index (Phi) is 3.81. The van der Waals surface area contributed by atoms with Gasteiger partial charge in [0, 0.05) is 31.7 Å². The van der Waals surface area contributed by atoms with Gasteiger partial charge in [-0.05, 0) is 25.8 Å². The van der Waals surface area contributed by atoms with E-state index in [2.05, 4.69) is 29.4 Å². The van der Waals surface area contributed by atoms with Crippen LogP contribution in [-0.2, 0) is 0 Å². The van der Waals surface area contributed by atoms with Crippen molar-refractivity contribution in [3.8, 4) is 0 Å². The first-order chi connectivity index (χ1) is 7.35. The second kappa shape index (κ2) is 5.13. The Labute approximate surface area is 93.9 Å². The van der Waals surface area contributed by atoms with Crippen molar-refractivity contribution in [1.82, 2.24) is 9.80 Å². The molecule has 2 aliphatic heterocycles. The highest BCUT2D eigenvalue weighted by Gasteiger charge is 2.33. The van der Waals surface area contributed by atoms with Gasteiger partial charge < -0.3 is 0 Å². The molecule has 0 bridgehead atoms. The SMILES string of the molecule is C=CCN1CC2CCCCN2CC1CC. The summed E-state index contributed by atoms with van der Waals surface area (Å²) in [5.74, 6) is 0. The van der Waals surface area contributed by atoms with Gasteiger partial charge in [-0.1, -0.05) is 19.4 Å². The summed E-state index contributed by atoms with van der Waals surface area (Å²) >= 11 is 0. The van der Waals surface area contributed by atoms with E-state index in [4.69, 9.17) is 0 Å². The van der Waals surface area contributed by atoms with Crippen LogP contribution in [0.3, 0.4) is 0 Å². The predicted octanol–water partition coefficient (Wildman–Crippen LogP) is 2.12. The number of hydrogen-bond donors (Lipinski definition) is 0. The zero-order valence-electron chi connectivity index (χ0n) is 9.99. The number of piperazine rings is 1. The van der Waals surface area contributed by atoms with Gasteiger partial charge in [0.1, 0.15) is 0 Å². The fourth-order valence-electron chi connectivity index (χ4n) is 3.09. The van der Waals surface area contributed by atoms with Crippen molar-refractivity contribution in [2.45, 2.75) is 44.7 Å². The minimum atomic E-state index is 0.761. The molecule has 0 radical (unpaired) electrons. The van der Waals surface area contributed by atoms with Crippen molar-refractivity contribution >= 4 is 0 Å². The average Bonchev–Trinajstić information content (AvgIpc) is 2.28. The average molecular weight is 208 g/mol. The maximum Gasteiger partial charge on any atom is 0.0224 e. The molecule has 2 heterocycles. The van der Waals surface area contributed by atoms with Crippen molar-refractivity contribution in [2.24, 2.45) is 0 Å². The van der Waals surface area contributed by atoms with Crippen LogP contribution >= 0.6 is 0 Å². The van der Waals surface area contributed by atoms with E-state index >= 15 is 0 Å². The van der Waals surface area contributed by atoms with Gasteiger partial charge in [0.05, 0.1) is 0 Å². The van der Waals surface area contributed by atoms with Crippen molar-refractivity contribution in [3.63, 3.8) is 0 Å². The number of nitrogens with zero attached hydrogens (tertiary/aromatic N) is 2. The van der Waals surface area contributed by atoms with E-state index < -0.39 is 0 Å². The summed E-state index contributed by atoms with van der Waals surface area (Å²) in [6.45, 7) is 11.1. The molecule has 2 heteroatoms. The first-order valence-corrected chi connectivity index (χ1v) is 6.44. The molecular weight excluding hydrogens is 184 g/mol. The van der Waals surface area contributed by atoms with Crippen molar-refractivity contribution in [2.75, 3.05) is 26.2 Å². The van der Waals surface area contributed by atoms with Crippen LogP contribution in [0.2, 0.25) is 0 Å². The van der Waals surface area contributed by atoms with Crippen LogP contribution < -0.4 is 0 Å². The van der Waals surface area contributed by atoms with Crippen LogP contribution in [0.1, 0.15) is 32.6 Å². The Morgan fingerprint density at radius 2 is 2.20 bits per heavy atom. The molecule has 2 atom stereocenters. The predicted molar refractivity (Wildman–Crippen MR) is 65.1 cm³/mol. The minimum absolute atomic E-state index is 0.761. The van der Waals surface area contributed by atoms with Gasteiger partial charge in [0.2, 0.25) is 0 Å². The maximum absolute atomic E-state index is 3.87. The standard InChI is InChI=1S/C13H24N2/c1-3-8-14-11-13-7-5-6-9-15(13)10-12(14)4-2/h3,12-13H,1,4-11H2,2H3. The highest BCUT2D eigenvalue weighted by Crippen LogP contribution is 2.24. The fourth-order valence-corrected chi connectivity index (χ4v) is 3.09. The lowest BCUT2D eigenvalue weighted by Crippen LogP contribution is -2.59. The normalized spacial score (nSPS) is 33.7. The zero-order valence-corrected chi connectivity index (χ0v) is 9.99. The van der Waals surface area contributed by atoms with E-state index in [1.807, 2.05) is 0 Å². The van der Waals surface area contributed by atoms with Crippen LogP contribution in [0, 0.1) is 0 Å². The molecule has 0 aromatic carbocycles. The molecule has 2 rings (SSSR count). The summed E-state index contributed by atoms with van der Waals surface area (Å²) in [5.41, 5.74) is 0. The third kappa shape index (κ3) is 2.43. The Bertz CT molecular complexity index is 215. The number of rotatable bonds is 3. The molecule has 2 aliphatic rings. The van der Waals surface area contributed by atoms with E-state index in [1.54, 1.807) is 0 Å². The lowest BCUT2D eigenvalue weighted by molar-refractivity contribution is 0.0139. The second-order valence-electron chi connectivity index (χ2n) is 4.95. The van der Waals surface area contributed by atoms with Crippen molar-refractivity contribution in [1.29, 1.82) is 0 Å². The molecular formula is C13H24N2. The van der Waals surface area contributed by atoms with Gasteiger partial charge in [-0.3, -0.25) is 9.80 Å². The molecule has 2 fully saturated rings. The first kappa shape index (κ1) is 11.2. The molecule has 0 aliphatic carbocycles. The molecule has 0 amide bonds. The van der Waals surface area contributed by atoms with Gasteiger partial charge >= 0.3 is 0 Å². The third-order valence-electron chi connectivity index (χ3n) is 3.99. The molecule has 86 valence electrons. The minimum Gasteiger partial charge on any atom is -0.298 e. The Morgan fingerprint density at radius 3 is 2.93 bits per heavy atom. The Morgan fingerprint density at radius 1 is 1.33 bits per heavy atom. The van der Waals surface area contributed by atoms with E-state index in [0.717, 1.165) is 18.6 Å². The van der Waals surface area contributed by atoms with Crippen LogP contribution in [0.4, 0.5) is 0 Å². The van der Waals surface area contributed by atoms with E-state index in [9.17, 15) is 0 Å². The number of piperidine rings is 1. The second-order valence-corrected chi connectivity index (χ2v) is 4.95. The summed E-state index contributed by atoms with van der Waals surface area (Å²) in [5, 5.41) is 0. The molecule has 0 aromatic rings. The summed E-state index contributed by atoms with van der Waals surface area (Å²) in [7, 11) is 0. The monoisotopic (exact) mass is 208 g/mol. The smallest absolute Gasteiger partial charge is 0.0224 e. The maximum atomic E-state index is 3.87. The van der Waals surface area contributed by atoms with Crippen LogP contribution in [0.5, 0.6) is 0 Å². The molecule has 0 aromatic heterocycles. The van der Waals surface area contributed by atoms with Crippen LogP contribution in [0.25, 0.3) is 0 Å². The lowest BCUT2D eigenvalue weighted by Gasteiger charge is -2.48. The van der Waals surface area contributed by atoms with E-state index in [-0.39, 0.29) is 0 Å². The largest absolute Gasteiger partial charge is 0.298 e. The Hall–Kier alpha value is -0.340. The molecule has 0 saturated carbocycles. The van der Waals surface area contributed by atoms with Crippen LogP contribution in [-0.4, -0.2) is 48.1 Å². The number of fused-ring (bicyclic) bond motifs is 1.